The minimum Gasteiger partial charge on any atom is -0.334 e. The molecule has 5 rings (SSSR count). The summed E-state index contributed by atoms with van der Waals surface area (Å²) < 4.78 is 0. The normalized spacial score (nSPS) is 17.8. The molecule has 3 heterocycles. The molecule has 130 valence electrons. The molecule has 0 atom stereocenters. The first-order chi connectivity index (χ1) is 12.8. The summed E-state index contributed by atoms with van der Waals surface area (Å²) in [6, 6.07) is 16.7. The van der Waals surface area contributed by atoms with Crippen LogP contribution in [0.4, 0.5) is 0 Å². The first-order valence-corrected chi connectivity index (χ1v) is 9.10. The van der Waals surface area contributed by atoms with Crippen molar-refractivity contribution < 1.29 is 4.79 Å². The topological polar surface area (TPSA) is 49.3 Å². The number of carbonyl (C=O) groups excluding carboxylic acids is 1. The Labute approximate surface area is 152 Å². The lowest BCUT2D eigenvalue weighted by Gasteiger charge is -2.46. The summed E-state index contributed by atoms with van der Waals surface area (Å²) in [7, 11) is 0. The van der Waals surface area contributed by atoms with Crippen LogP contribution in [0.2, 0.25) is 0 Å². The fourth-order valence-electron chi connectivity index (χ4n) is 3.90. The van der Waals surface area contributed by atoms with Crippen LogP contribution in [0.15, 0.2) is 54.7 Å². The van der Waals surface area contributed by atoms with E-state index in [0.29, 0.717) is 11.7 Å². The summed E-state index contributed by atoms with van der Waals surface area (Å²) >= 11 is 0. The minimum absolute atomic E-state index is 0.0167. The van der Waals surface area contributed by atoms with Gasteiger partial charge >= 0.3 is 0 Å². The Morgan fingerprint density at radius 3 is 2.54 bits per heavy atom. The highest BCUT2D eigenvalue weighted by Crippen LogP contribution is 2.25. The van der Waals surface area contributed by atoms with Crippen molar-refractivity contribution in [2.75, 3.05) is 19.6 Å². The van der Waals surface area contributed by atoms with E-state index < -0.39 is 0 Å². The van der Waals surface area contributed by atoms with Crippen molar-refractivity contribution in [3.63, 3.8) is 0 Å². The van der Waals surface area contributed by atoms with Crippen LogP contribution in [0.25, 0.3) is 11.0 Å². The van der Waals surface area contributed by atoms with E-state index in [-0.39, 0.29) is 5.91 Å². The second-order valence-corrected chi connectivity index (χ2v) is 7.10. The van der Waals surface area contributed by atoms with Crippen molar-refractivity contribution >= 4 is 16.9 Å². The molecule has 0 unspecified atom stereocenters. The Morgan fingerprint density at radius 1 is 0.962 bits per heavy atom. The lowest BCUT2D eigenvalue weighted by molar-refractivity contribution is 0.0214. The third-order valence-electron chi connectivity index (χ3n) is 5.49. The number of nitrogens with zero attached hydrogens (tertiary/aromatic N) is 4. The minimum atomic E-state index is -0.0167. The number of hydrogen-bond acceptors (Lipinski definition) is 4. The van der Waals surface area contributed by atoms with Crippen LogP contribution in [0.5, 0.6) is 0 Å². The number of likely N-dealkylation sites (tertiary alicyclic amines) is 1. The van der Waals surface area contributed by atoms with Crippen molar-refractivity contribution in [2.45, 2.75) is 19.0 Å². The molecular formula is C21H20N4O. The summed E-state index contributed by atoms with van der Waals surface area (Å²) in [6.45, 7) is 3.60. The van der Waals surface area contributed by atoms with Crippen LogP contribution in [0.3, 0.4) is 0 Å². The Bertz CT molecular complexity index is 980. The molecule has 1 aromatic heterocycles. The van der Waals surface area contributed by atoms with Crippen LogP contribution in [0, 0.1) is 0 Å². The highest BCUT2D eigenvalue weighted by Gasteiger charge is 2.36. The molecular weight excluding hydrogens is 324 g/mol. The zero-order valence-electron chi connectivity index (χ0n) is 14.5. The highest BCUT2D eigenvalue weighted by molar-refractivity contribution is 5.94. The summed E-state index contributed by atoms with van der Waals surface area (Å²) in [4.78, 5) is 25.9. The first-order valence-electron chi connectivity index (χ1n) is 9.10. The van der Waals surface area contributed by atoms with E-state index in [2.05, 4.69) is 39.1 Å². The number of aromatic nitrogens is 2. The molecule has 0 aliphatic carbocycles. The lowest BCUT2D eigenvalue weighted by Crippen LogP contribution is -2.61. The zero-order chi connectivity index (χ0) is 17.5. The van der Waals surface area contributed by atoms with E-state index in [1.807, 2.05) is 29.2 Å². The van der Waals surface area contributed by atoms with Crippen LogP contribution < -0.4 is 0 Å². The molecule has 5 nitrogen and oxygen atoms in total. The molecule has 0 bridgehead atoms. The fraction of sp³-hybridized carbons (Fsp3) is 0.286. The number of para-hydroxylation sites is 2. The monoisotopic (exact) mass is 344 g/mol. The van der Waals surface area contributed by atoms with Gasteiger partial charge < -0.3 is 4.90 Å². The van der Waals surface area contributed by atoms with Gasteiger partial charge in [-0.25, -0.2) is 4.98 Å². The van der Waals surface area contributed by atoms with Gasteiger partial charge in [0.15, 0.2) is 0 Å². The third-order valence-corrected chi connectivity index (χ3v) is 5.49. The van der Waals surface area contributed by atoms with E-state index in [0.717, 1.165) is 43.6 Å². The van der Waals surface area contributed by atoms with Crippen molar-refractivity contribution in [1.29, 1.82) is 0 Å². The van der Waals surface area contributed by atoms with Crippen molar-refractivity contribution in [2.24, 2.45) is 0 Å². The van der Waals surface area contributed by atoms with Crippen LogP contribution in [-0.2, 0) is 13.0 Å². The van der Waals surface area contributed by atoms with E-state index >= 15 is 0 Å². The van der Waals surface area contributed by atoms with Gasteiger partial charge in [-0.1, -0.05) is 36.4 Å². The molecule has 1 saturated heterocycles. The van der Waals surface area contributed by atoms with E-state index in [9.17, 15) is 4.79 Å². The van der Waals surface area contributed by atoms with Crippen molar-refractivity contribution in [3.05, 3.63) is 71.5 Å². The fourth-order valence-corrected chi connectivity index (χ4v) is 3.90. The number of amides is 1. The van der Waals surface area contributed by atoms with Gasteiger partial charge in [-0.3, -0.25) is 14.7 Å². The quantitative estimate of drug-likeness (QED) is 0.717. The van der Waals surface area contributed by atoms with Crippen LogP contribution in [0.1, 0.15) is 21.6 Å². The number of carbonyl (C=O) groups is 1. The second kappa shape index (κ2) is 6.18. The molecule has 1 fully saturated rings. The maximum Gasteiger partial charge on any atom is 0.274 e. The molecule has 3 aromatic rings. The van der Waals surface area contributed by atoms with E-state index in [1.54, 1.807) is 6.20 Å². The molecule has 2 aliphatic rings. The Kier molecular flexibility index (Phi) is 3.68. The second-order valence-electron chi connectivity index (χ2n) is 7.10. The maximum absolute atomic E-state index is 12.7. The largest absolute Gasteiger partial charge is 0.334 e. The van der Waals surface area contributed by atoms with Gasteiger partial charge in [0.05, 0.1) is 17.2 Å². The smallest absolute Gasteiger partial charge is 0.274 e. The molecule has 5 heteroatoms. The van der Waals surface area contributed by atoms with Gasteiger partial charge in [0.25, 0.3) is 5.91 Å². The van der Waals surface area contributed by atoms with Gasteiger partial charge in [0.1, 0.15) is 5.69 Å². The Morgan fingerprint density at radius 2 is 1.69 bits per heavy atom. The van der Waals surface area contributed by atoms with E-state index in [4.69, 9.17) is 0 Å². The lowest BCUT2D eigenvalue weighted by atomic mass is 9.96. The zero-order valence-corrected chi connectivity index (χ0v) is 14.5. The molecule has 26 heavy (non-hydrogen) atoms. The molecule has 2 aliphatic heterocycles. The van der Waals surface area contributed by atoms with Gasteiger partial charge in [0, 0.05) is 32.2 Å². The molecule has 0 radical (unpaired) electrons. The Hall–Kier alpha value is -2.79. The summed E-state index contributed by atoms with van der Waals surface area (Å²) in [5.74, 6) is -0.0167. The average molecular weight is 344 g/mol. The molecule has 2 aromatic carbocycles. The number of benzene rings is 2. The Balaban J connectivity index is 1.25. The average Bonchev–Trinajstić information content (AvgIpc) is 2.66. The van der Waals surface area contributed by atoms with Crippen LogP contribution in [-0.4, -0.2) is 51.4 Å². The summed E-state index contributed by atoms with van der Waals surface area (Å²) in [5.41, 5.74) is 4.90. The highest BCUT2D eigenvalue weighted by atomic mass is 16.2. The number of rotatable bonds is 2. The van der Waals surface area contributed by atoms with Crippen molar-refractivity contribution in [3.8, 4) is 0 Å². The van der Waals surface area contributed by atoms with Crippen LogP contribution >= 0.6 is 0 Å². The van der Waals surface area contributed by atoms with Gasteiger partial charge in [0.2, 0.25) is 0 Å². The number of hydrogen-bond donors (Lipinski definition) is 0. The van der Waals surface area contributed by atoms with E-state index in [1.165, 1.54) is 11.1 Å². The molecule has 0 saturated carbocycles. The summed E-state index contributed by atoms with van der Waals surface area (Å²) in [6.07, 6.45) is 2.69. The molecule has 0 spiro atoms. The molecule has 0 N–H and O–H groups in total. The number of fused-ring (bicyclic) bond motifs is 2. The van der Waals surface area contributed by atoms with Gasteiger partial charge in [-0.2, -0.15) is 0 Å². The summed E-state index contributed by atoms with van der Waals surface area (Å²) in [5, 5.41) is 0. The van der Waals surface area contributed by atoms with Gasteiger partial charge in [-0.15, -0.1) is 0 Å². The SMILES string of the molecule is O=C(c1cnc2ccccc2n1)N1CC(N2CCc3ccccc3C2)C1. The predicted octanol–water partition coefficient (Wildman–Crippen LogP) is 2.51. The maximum atomic E-state index is 12.7. The van der Waals surface area contributed by atoms with Gasteiger partial charge in [-0.05, 0) is 29.7 Å². The first kappa shape index (κ1) is 15.5. The molecule has 1 amide bonds. The standard InChI is InChI=1S/C21H20N4O/c26-21(20-11-22-18-7-3-4-8-19(18)23-20)25-13-17(14-25)24-10-9-15-5-1-2-6-16(15)12-24/h1-8,11,17H,9-10,12-14H2. The van der Waals surface area contributed by atoms with Crippen molar-refractivity contribution in [1.82, 2.24) is 19.8 Å². The third kappa shape index (κ3) is 2.65. The predicted molar refractivity (Wildman–Crippen MR) is 99.8 cm³/mol.